The molecule has 5 rings (SSSR count). The van der Waals surface area contributed by atoms with E-state index in [1.54, 1.807) is 4.57 Å². The maximum atomic E-state index is 14.4. The second kappa shape index (κ2) is 9.06. The van der Waals surface area contributed by atoms with Crippen LogP contribution < -0.4 is 5.56 Å². The number of aryl methyl sites for hydroxylation is 2. The lowest BCUT2D eigenvalue weighted by Gasteiger charge is -2.21. The predicted molar refractivity (Wildman–Crippen MR) is 125 cm³/mol. The number of nitrogens with zero attached hydrogens (tertiary/aromatic N) is 2. The van der Waals surface area contributed by atoms with E-state index in [0.717, 1.165) is 35.6 Å². The van der Waals surface area contributed by atoms with E-state index in [4.69, 9.17) is 9.72 Å². The second-order valence-corrected chi connectivity index (χ2v) is 8.29. The monoisotopic (exact) mass is 452 g/mol. The Morgan fingerprint density at radius 1 is 1.24 bits per heavy atom. The van der Waals surface area contributed by atoms with Crippen LogP contribution in [0.5, 0.6) is 5.75 Å². The van der Waals surface area contributed by atoms with E-state index in [1.165, 1.54) is 13.2 Å². The first-order valence-corrected chi connectivity index (χ1v) is 11.6. The molecule has 0 spiro atoms. The Labute approximate surface area is 192 Å². The van der Waals surface area contributed by atoms with Gasteiger partial charge < -0.3 is 19.2 Å². The van der Waals surface area contributed by atoms with Gasteiger partial charge in [-0.1, -0.05) is 20.8 Å². The topological polar surface area (TPSA) is 81.4 Å². The predicted octanol–water partition coefficient (Wildman–Crippen LogP) is 4.62. The first-order chi connectivity index (χ1) is 16.0. The van der Waals surface area contributed by atoms with Gasteiger partial charge in [-0.2, -0.15) is 0 Å². The van der Waals surface area contributed by atoms with E-state index in [9.17, 15) is 19.1 Å². The van der Waals surface area contributed by atoms with E-state index >= 15 is 0 Å². The molecule has 1 atom stereocenters. The summed E-state index contributed by atoms with van der Waals surface area (Å²) in [7, 11) is 1.53. The smallest absolute Gasteiger partial charge is 0.257 e. The quantitative estimate of drug-likeness (QED) is 0.447. The summed E-state index contributed by atoms with van der Waals surface area (Å²) in [5.41, 5.74) is 5.32. The average molecular weight is 453 g/mol. The third kappa shape index (κ3) is 3.46. The van der Waals surface area contributed by atoms with Gasteiger partial charge in [0, 0.05) is 41.2 Å². The molecule has 7 heteroatoms. The number of benzene rings is 1. The maximum absolute atomic E-state index is 14.4. The molecule has 3 heterocycles. The highest BCUT2D eigenvalue weighted by molar-refractivity contribution is 5.93. The summed E-state index contributed by atoms with van der Waals surface area (Å²) < 4.78 is 21.3. The number of rotatable bonds is 5. The Hall–Kier alpha value is -3.06. The molecule has 2 aromatic heterocycles. The number of hydrogen-bond donors (Lipinski definition) is 1. The van der Waals surface area contributed by atoms with Crippen molar-refractivity contribution in [1.29, 1.82) is 0 Å². The SMILES string of the molecule is CC.CCC(C=O)c1cc2n(c(=O)c1COC)Cc1c-2nc2cc(F)c(O)c3c2c1CCC3. The number of ether oxygens (including phenoxy) is 1. The van der Waals surface area contributed by atoms with Gasteiger partial charge in [0.05, 0.1) is 30.1 Å². The second-order valence-electron chi connectivity index (χ2n) is 8.29. The fraction of sp³-hybridized carbons (Fsp3) is 0.423. The summed E-state index contributed by atoms with van der Waals surface area (Å²) in [5.74, 6) is -1.39. The molecule has 0 saturated heterocycles. The molecule has 1 unspecified atom stereocenters. The van der Waals surface area contributed by atoms with Crippen LogP contribution in [0.3, 0.4) is 0 Å². The largest absolute Gasteiger partial charge is 0.505 e. The molecule has 0 bridgehead atoms. The summed E-state index contributed by atoms with van der Waals surface area (Å²) in [4.78, 5) is 29.8. The molecular weight excluding hydrogens is 423 g/mol. The van der Waals surface area contributed by atoms with Crippen molar-refractivity contribution in [3.63, 3.8) is 0 Å². The molecule has 0 fully saturated rings. The maximum Gasteiger partial charge on any atom is 0.257 e. The number of methoxy groups -OCH3 is 1. The van der Waals surface area contributed by atoms with Gasteiger partial charge in [-0.15, -0.1) is 0 Å². The molecule has 1 N–H and O–H groups in total. The lowest BCUT2D eigenvalue weighted by molar-refractivity contribution is -0.109. The Kier molecular flexibility index (Phi) is 6.34. The van der Waals surface area contributed by atoms with Gasteiger partial charge in [0.1, 0.15) is 6.29 Å². The van der Waals surface area contributed by atoms with Crippen LogP contribution in [0.15, 0.2) is 16.9 Å². The number of aromatic hydroxyl groups is 1. The van der Waals surface area contributed by atoms with Crippen molar-refractivity contribution in [2.24, 2.45) is 0 Å². The third-order valence-electron chi connectivity index (χ3n) is 6.66. The molecule has 1 aromatic carbocycles. The zero-order valence-electron chi connectivity index (χ0n) is 19.5. The van der Waals surface area contributed by atoms with Gasteiger partial charge in [-0.3, -0.25) is 4.79 Å². The van der Waals surface area contributed by atoms with E-state index < -0.39 is 11.7 Å². The van der Waals surface area contributed by atoms with Crippen LogP contribution in [0.2, 0.25) is 0 Å². The molecule has 6 nitrogen and oxygen atoms in total. The Bertz CT molecular complexity index is 1310. The Morgan fingerprint density at radius 2 is 1.97 bits per heavy atom. The van der Waals surface area contributed by atoms with Crippen LogP contribution in [0.4, 0.5) is 4.39 Å². The number of hydrogen-bond acceptors (Lipinski definition) is 5. The molecule has 174 valence electrons. The van der Waals surface area contributed by atoms with Crippen LogP contribution in [-0.2, 0) is 35.5 Å². The van der Waals surface area contributed by atoms with E-state index in [1.807, 2.05) is 26.8 Å². The first kappa shape index (κ1) is 23.1. The highest BCUT2D eigenvalue weighted by Gasteiger charge is 2.32. The van der Waals surface area contributed by atoms with Gasteiger partial charge in [0.25, 0.3) is 5.56 Å². The number of fused-ring (bicyclic) bond motifs is 4. The standard InChI is InChI=1S/C24H23FN2O4.C2H6/c1-3-12(10-28)15-7-20-22-16(9-27(20)24(30)17(15)11-31-2)13-5-4-6-14-21(13)19(26-22)8-18(25)23(14)29;1-2/h7-8,10,12,29H,3-6,9,11H2,1-2H3;1-2H3. The van der Waals surface area contributed by atoms with E-state index in [2.05, 4.69) is 0 Å². The minimum absolute atomic E-state index is 0.126. The van der Waals surface area contributed by atoms with Crippen molar-refractivity contribution >= 4 is 17.2 Å². The minimum Gasteiger partial charge on any atom is -0.505 e. The molecule has 0 saturated carbocycles. The number of phenolic OH excluding ortho intramolecular Hbond substituents is 1. The van der Waals surface area contributed by atoms with Crippen LogP contribution in [0, 0.1) is 5.82 Å². The van der Waals surface area contributed by atoms with Crippen molar-refractivity contribution in [3.8, 4) is 17.1 Å². The fourth-order valence-electron chi connectivity index (χ4n) is 5.16. The normalized spacial score (nSPS) is 14.3. The van der Waals surface area contributed by atoms with Crippen LogP contribution in [-0.4, -0.2) is 28.1 Å². The van der Waals surface area contributed by atoms with Gasteiger partial charge >= 0.3 is 0 Å². The van der Waals surface area contributed by atoms with Crippen LogP contribution >= 0.6 is 0 Å². The zero-order valence-corrected chi connectivity index (χ0v) is 19.5. The highest BCUT2D eigenvalue weighted by Crippen LogP contribution is 2.43. The van der Waals surface area contributed by atoms with Crippen molar-refractivity contribution in [2.75, 3.05) is 7.11 Å². The number of aromatic nitrogens is 2. The summed E-state index contributed by atoms with van der Waals surface area (Å²) in [6.45, 7) is 6.40. The third-order valence-corrected chi connectivity index (χ3v) is 6.66. The molecule has 1 aliphatic carbocycles. The number of halogens is 1. The lowest BCUT2D eigenvalue weighted by atomic mass is 9.86. The van der Waals surface area contributed by atoms with Crippen LogP contribution in [0.1, 0.15) is 67.3 Å². The molecule has 33 heavy (non-hydrogen) atoms. The highest BCUT2D eigenvalue weighted by atomic mass is 19.1. The molecular formula is C26H29FN2O4. The fourth-order valence-corrected chi connectivity index (χ4v) is 5.16. The molecule has 3 aromatic rings. The molecule has 0 radical (unpaired) electrons. The number of carbonyl (C=O) groups excluding carboxylic acids is 1. The van der Waals surface area contributed by atoms with Gasteiger partial charge in [0.2, 0.25) is 0 Å². The Balaban J connectivity index is 0.00000126. The number of aldehydes is 1. The number of phenols is 1. The molecule has 2 aliphatic rings. The van der Waals surface area contributed by atoms with Gasteiger partial charge in [0.15, 0.2) is 11.6 Å². The van der Waals surface area contributed by atoms with Crippen molar-refractivity contribution in [1.82, 2.24) is 9.55 Å². The lowest BCUT2D eigenvalue weighted by Crippen LogP contribution is -2.26. The van der Waals surface area contributed by atoms with Crippen molar-refractivity contribution in [3.05, 3.63) is 56.1 Å². The van der Waals surface area contributed by atoms with Gasteiger partial charge in [-0.25, -0.2) is 9.37 Å². The summed E-state index contributed by atoms with van der Waals surface area (Å²) >= 11 is 0. The molecule has 1 aliphatic heterocycles. The van der Waals surface area contributed by atoms with Gasteiger partial charge in [-0.05, 0) is 42.9 Å². The first-order valence-electron chi connectivity index (χ1n) is 11.6. The van der Waals surface area contributed by atoms with Crippen molar-refractivity contribution < 1.29 is 19.0 Å². The van der Waals surface area contributed by atoms with Crippen LogP contribution in [0.25, 0.3) is 22.3 Å². The van der Waals surface area contributed by atoms with E-state index in [0.29, 0.717) is 53.0 Å². The Morgan fingerprint density at radius 3 is 2.64 bits per heavy atom. The average Bonchev–Trinajstić information content (AvgIpc) is 3.21. The summed E-state index contributed by atoms with van der Waals surface area (Å²) in [6, 6.07) is 3.14. The molecule has 0 amide bonds. The summed E-state index contributed by atoms with van der Waals surface area (Å²) in [6.07, 6.45) is 3.61. The summed E-state index contributed by atoms with van der Waals surface area (Å²) in [5, 5.41) is 11.1. The number of pyridine rings is 2. The van der Waals surface area contributed by atoms with Crippen molar-refractivity contribution in [2.45, 2.75) is 65.5 Å². The minimum atomic E-state index is -0.679. The number of carbonyl (C=O) groups is 1. The zero-order chi connectivity index (χ0) is 23.9. The van der Waals surface area contributed by atoms with E-state index in [-0.39, 0.29) is 17.9 Å².